The summed E-state index contributed by atoms with van der Waals surface area (Å²) in [6.07, 6.45) is 1.95. The minimum atomic E-state index is -3.70. The monoisotopic (exact) mass is 453 g/mol. The first-order valence-corrected chi connectivity index (χ1v) is 11.0. The van der Waals surface area contributed by atoms with Crippen LogP contribution in [0.4, 0.5) is 14.5 Å². The highest BCUT2D eigenvalue weighted by Gasteiger charge is 2.34. The van der Waals surface area contributed by atoms with Gasteiger partial charge in [-0.15, -0.1) is 0 Å². The van der Waals surface area contributed by atoms with Gasteiger partial charge in [-0.05, 0) is 44.0 Å². The van der Waals surface area contributed by atoms with Crippen molar-refractivity contribution in [1.29, 1.82) is 0 Å². The van der Waals surface area contributed by atoms with Gasteiger partial charge in [0.25, 0.3) is 5.91 Å². The van der Waals surface area contributed by atoms with Gasteiger partial charge >= 0.3 is 5.97 Å². The third-order valence-corrected chi connectivity index (χ3v) is 6.79. The molecule has 3 rings (SSSR count). The first-order valence-electron chi connectivity index (χ1n) is 9.55. The zero-order valence-corrected chi connectivity index (χ0v) is 17.4. The van der Waals surface area contributed by atoms with Gasteiger partial charge in [0.05, 0.1) is 11.6 Å². The summed E-state index contributed by atoms with van der Waals surface area (Å²) in [4.78, 5) is 28.5. The van der Waals surface area contributed by atoms with Crippen LogP contribution in [0.3, 0.4) is 0 Å². The Balaban J connectivity index is 1.53. The lowest BCUT2D eigenvalue weighted by atomic mass is 9.98. The van der Waals surface area contributed by atoms with Crippen LogP contribution >= 0.6 is 0 Å². The SMILES string of the molecule is CC(OC(=O)C1CCN(S(=O)(=O)c2cccnc2)CC1)C(=O)Nc1cc(F)ccc1F. The lowest BCUT2D eigenvalue weighted by Crippen LogP contribution is -2.41. The molecule has 1 aliphatic rings. The summed E-state index contributed by atoms with van der Waals surface area (Å²) in [6, 6.07) is 5.58. The highest BCUT2D eigenvalue weighted by atomic mass is 32.2. The van der Waals surface area contributed by atoms with Crippen LogP contribution in [0.15, 0.2) is 47.6 Å². The Labute approximate surface area is 178 Å². The molecule has 2 aromatic rings. The van der Waals surface area contributed by atoms with E-state index in [-0.39, 0.29) is 36.5 Å². The molecule has 0 spiro atoms. The molecule has 0 aliphatic carbocycles. The van der Waals surface area contributed by atoms with Crippen LogP contribution in [-0.2, 0) is 24.3 Å². The van der Waals surface area contributed by atoms with Crippen LogP contribution in [0.2, 0.25) is 0 Å². The minimum absolute atomic E-state index is 0.0749. The molecular weight excluding hydrogens is 432 g/mol. The molecule has 166 valence electrons. The number of pyridine rings is 1. The summed E-state index contributed by atoms with van der Waals surface area (Å²) in [6.45, 7) is 1.55. The third-order valence-electron chi connectivity index (χ3n) is 4.91. The van der Waals surface area contributed by atoms with E-state index >= 15 is 0 Å². The van der Waals surface area contributed by atoms with Crippen molar-refractivity contribution in [3.63, 3.8) is 0 Å². The van der Waals surface area contributed by atoms with E-state index < -0.39 is 45.6 Å². The number of anilines is 1. The Morgan fingerprint density at radius 1 is 1.23 bits per heavy atom. The summed E-state index contributed by atoms with van der Waals surface area (Å²) in [5, 5.41) is 2.18. The number of hydrogen-bond donors (Lipinski definition) is 1. The van der Waals surface area contributed by atoms with Gasteiger partial charge in [-0.3, -0.25) is 14.6 Å². The second-order valence-corrected chi connectivity index (χ2v) is 9.00. The number of rotatable bonds is 6. The molecule has 8 nitrogen and oxygen atoms in total. The summed E-state index contributed by atoms with van der Waals surface area (Å²) in [5.74, 6) is -3.60. The third kappa shape index (κ3) is 5.42. The molecule has 1 amide bonds. The molecule has 11 heteroatoms. The predicted octanol–water partition coefficient (Wildman–Crippen LogP) is 2.33. The van der Waals surface area contributed by atoms with Crippen molar-refractivity contribution in [2.24, 2.45) is 5.92 Å². The van der Waals surface area contributed by atoms with E-state index in [1.54, 1.807) is 0 Å². The fraction of sp³-hybridized carbons (Fsp3) is 0.350. The van der Waals surface area contributed by atoms with E-state index in [1.807, 2.05) is 0 Å². The van der Waals surface area contributed by atoms with Gasteiger partial charge in [0.1, 0.15) is 16.5 Å². The first kappa shape index (κ1) is 22.8. The van der Waals surface area contributed by atoms with Crippen molar-refractivity contribution in [3.05, 3.63) is 54.4 Å². The largest absolute Gasteiger partial charge is 0.452 e. The summed E-state index contributed by atoms with van der Waals surface area (Å²) in [7, 11) is -3.70. The van der Waals surface area contributed by atoms with Crippen molar-refractivity contribution in [2.45, 2.75) is 30.8 Å². The number of amides is 1. The first-order chi connectivity index (χ1) is 14.7. The molecule has 1 fully saturated rings. The molecule has 1 unspecified atom stereocenters. The summed E-state index contributed by atoms with van der Waals surface area (Å²) >= 11 is 0. The highest BCUT2D eigenvalue weighted by molar-refractivity contribution is 7.89. The van der Waals surface area contributed by atoms with Gasteiger partial charge < -0.3 is 10.1 Å². The molecule has 1 atom stereocenters. The maximum absolute atomic E-state index is 13.7. The fourth-order valence-corrected chi connectivity index (χ4v) is 4.57. The molecule has 1 saturated heterocycles. The molecule has 1 aliphatic heterocycles. The summed E-state index contributed by atoms with van der Waals surface area (Å²) in [5.41, 5.74) is -0.359. The van der Waals surface area contributed by atoms with Crippen LogP contribution in [0, 0.1) is 17.6 Å². The zero-order valence-electron chi connectivity index (χ0n) is 16.6. The quantitative estimate of drug-likeness (QED) is 0.673. The Morgan fingerprint density at radius 2 is 1.94 bits per heavy atom. The molecule has 1 aromatic heterocycles. The number of nitrogens with one attached hydrogen (secondary N) is 1. The predicted molar refractivity (Wildman–Crippen MR) is 106 cm³/mol. The van der Waals surface area contributed by atoms with Gasteiger partial charge in [0, 0.05) is 31.5 Å². The van der Waals surface area contributed by atoms with E-state index in [0.29, 0.717) is 0 Å². The maximum Gasteiger partial charge on any atom is 0.309 e. The van der Waals surface area contributed by atoms with Crippen LogP contribution in [0.25, 0.3) is 0 Å². The van der Waals surface area contributed by atoms with E-state index in [4.69, 9.17) is 4.74 Å². The van der Waals surface area contributed by atoms with Gasteiger partial charge in [-0.25, -0.2) is 17.2 Å². The van der Waals surface area contributed by atoms with Crippen molar-refractivity contribution < 1.29 is 31.5 Å². The average molecular weight is 453 g/mol. The lowest BCUT2D eigenvalue weighted by molar-refractivity contribution is -0.158. The molecule has 2 heterocycles. The molecule has 31 heavy (non-hydrogen) atoms. The fourth-order valence-electron chi connectivity index (χ4n) is 3.13. The number of carbonyl (C=O) groups is 2. The second kappa shape index (κ2) is 9.48. The van der Waals surface area contributed by atoms with Gasteiger partial charge in [0.15, 0.2) is 6.10 Å². The molecular formula is C20H21F2N3O5S. The number of halogens is 2. The Hall–Kier alpha value is -2.92. The van der Waals surface area contributed by atoms with E-state index in [0.717, 1.165) is 18.2 Å². The van der Waals surface area contributed by atoms with Crippen LogP contribution in [0.1, 0.15) is 19.8 Å². The Kier molecular flexibility index (Phi) is 6.96. The Morgan fingerprint density at radius 3 is 2.58 bits per heavy atom. The molecule has 0 radical (unpaired) electrons. The standard InChI is InChI=1S/C20H21F2N3O5S/c1-13(19(26)24-18-11-15(21)4-5-17(18)22)30-20(27)14-6-9-25(10-7-14)31(28,29)16-3-2-8-23-12-16/h2-5,8,11-14H,6-7,9-10H2,1H3,(H,24,26). The highest BCUT2D eigenvalue weighted by Crippen LogP contribution is 2.25. The smallest absolute Gasteiger partial charge is 0.309 e. The van der Waals surface area contributed by atoms with Crippen LogP contribution in [0.5, 0.6) is 0 Å². The van der Waals surface area contributed by atoms with E-state index in [1.165, 1.54) is 35.8 Å². The van der Waals surface area contributed by atoms with Crippen LogP contribution in [-0.4, -0.2) is 48.8 Å². The second-order valence-electron chi connectivity index (χ2n) is 7.06. The lowest BCUT2D eigenvalue weighted by Gasteiger charge is -2.30. The summed E-state index contributed by atoms with van der Waals surface area (Å²) < 4.78 is 58.5. The molecule has 0 bridgehead atoms. The number of aromatic nitrogens is 1. The van der Waals surface area contributed by atoms with Crippen molar-refractivity contribution in [2.75, 3.05) is 18.4 Å². The average Bonchev–Trinajstić information content (AvgIpc) is 2.76. The minimum Gasteiger partial charge on any atom is -0.452 e. The number of hydrogen-bond acceptors (Lipinski definition) is 6. The van der Waals surface area contributed by atoms with E-state index in [2.05, 4.69) is 10.3 Å². The number of sulfonamides is 1. The topological polar surface area (TPSA) is 106 Å². The maximum atomic E-state index is 13.7. The van der Waals surface area contributed by atoms with Gasteiger partial charge in [-0.2, -0.15) is 4.31 Å². The molecule has 1 N–H and O–H groups in total. The number of esters is 1. The van der Waals surface area contributed by atoms with Gasteiger partial charge in [0.2, 0.25) is 10.0 Å². The van der Waals surface area contributed by atoms with Gasteiger partial charge in [-0.1, -0.05) is 0 Å². The molecule has 1 aromatic carbocycles. The number of nitrogens with zero attached hydrogens (tertiary/aromatic N) is 2. The molecule has 0 saturated carbocycles. The zero-order chi connectivity index (χ0) is 22.6. The number of ether oxygens (including phenoxy) is 1. The normalized spacial score (nSPS) is 16.5. The number of piperidine rings is 1. The van der Waals surface area contributed by atoms with Crippen molar-refractivity contribution in [1.82, 2.24) is 9.29 Å². The van der Waals surface area contributed by atoms with Crippen molar-refractivity contribution in [3.8, 4) is 0 Å². The number of benzene rings is 1. The van der Waals surface area contributed by atoms with Crippen molar-refractivity contribution >= 4 is 27.6 Å². The Bertz CT molecular complexity index is 1060. The van der Waals surface area contributed by atoms with E-state index in [9.17, 15) is 26.8 Å². The van der Waals surface area contributed by atoms with Crippen LogP contribution < -0.4 is 5.32 Å². The number of carbonyl (C=O) groups excluding carboxylic acids is 2.